The summed E-state index contributed by atoms with van der Waals surface area (Å²) in [6.07, 6.45) is 0. The van der Waals surface area contributed by atoms with Crippen LogP contribution in [0.4, 0.5) is 9.52 Å². The summed E-state index contributed by atoms with van der Waals surface area (Å²) < 4.78 is 19.6. The standard InChI is InChI=1S/C17H15FN2O2S/c1-17(2,22-12-6-4-3-5-7-12)15(21)20-16-19-13-9-8-11(18)10-14(13)23-16/h3-10H,1-2H3,(H,19,20,21). The average Bonchev–Trinajstić information content (AvgIpc) is 2.89. The van der Waals surface area contributed by atoms with Gasteiger partial charge in [-0.25, -0.2) is 9.37 Å². The molecule has 0 aliphatic rings. The van der Waals surface area contributed by atoms with Crippen molar-refractivity contribution in [2.45, 2.75) is 19.4 Å². The number of para-hydroxylation sites is 1. The Morgan fingerprint density at radius 1 is 1.22 bits per heavy atom. The molecule has 0 spiro atoms. The van der Waals surface area contributed by atoms with E-state index in [4.69, 9.17) is 4.74 Å². The molecule has 0 saturated heterocycles. The maximum atomic E-state index is 13.2. The van der Waals surface area contributed by atoms with Crippen LogP contribution in [0.2, 0.25) is 0 Å². The molecule has 0 saturated carbocycles. The van der Waals surface area contributed by atoms with Crippen LogP contribution in [-0.2, 0) is 4.79 Å². The van der Waals surface area contributed by atoms with Crippen molar-refractivity contribution in [2.24, 2.45) is 0 Å². The van der Waals surface area contributed by atoms with Crippen LogP contribution in [0.25, 0.3) is 10.2 Å². The van der Waals surface area contributed by atoms with Gasteiger partial charge in [-0.3, -0.25) is 10.1 Å². The van der Waals surface area contributed by atoms with Gasteiger partial charge >= 0.3 is 0 Å². The van der Waals surface area contributed by atoms with Crippen LogP contribution in [0, 0.1) is 5.82 Å². The first-order valence-corrected chi connectivity index (χ1v) is 7.87. The maximum Gasteiger partial charge on any atom is 0.269 e. The number of amides is 1. The monoisotopic (exact) mass is 330 g/mol. The van der Waals surface area contributed by atoms with E-state index >= 15 is 0 Å². The van der Waals surface area contributed by atoms with Crippen molar-refractivity contribution in [2.75, 3.05) is 5.32 Å². The summed E-state index contributed by atoms with van der Waals surface area (Å²) in [5.41, 5.74) is -0.418. The minimum Gasteiger partial charge on any atom is -0.478 e. The van der Waals surface area contributed by atoms with Crippen molar-refractivity contribution < 1.29 is 13.9 Å². The fraction of sp³-hybridized carbons (Fsp3) is 0.176. The fourth-order valence-corrected chi connectivity index (χ4v) is 2.91. The van der Waals surface area contributed by atoms with Gasteiger partial charge in [0.2, 0.25) is 0 Å². The highest BCUT2D eigenvalue weighted by molar-refractivity contribution is 7.22. The number of halogens is 1. The number of carbonyl (C=O) groups is 1. The van der Waals surface area contributed by atoms with Gasteiger partial charge in [0.05, 0.1) is 10.2 Å². The third-order valence-electron chi connectivity index (χ3n) is 3.23. The van der Waals surface area contributed by atoms with E-state index in [1.54, 1.807) is 32.0 Å². The molecular weight excluding hydrogens is 315 g/mol. The summed E-state index contributed by atoms with van der Waals surface area (Å²) in [6.45, 7) is 3.37. The molecule has 1 aromatic heterocycles. The zero-order valence-corrected chi connectivity index (χ0v) is 13.5. The summed E-state index contributed by atoms with van der Waals surface area (Å²) in [5, 5.41) is 3.15. The normalized spacial score (nSPS) is 11.4. The second-order valence-electron chi connectivity index (χ2n) is 5.51. The molecule has 23 heavy (non-hydrogen) atoms. The SMILES string of the molecule is CC(C)(Oc1ccccc1)C(=O)Nc1nc2ccc(F)cc2s1. The van der Waals surface area contributed by atoms with E-state index in [1.807, 2.05) is 18.2 Å². The van der Waals surface area contributed by atoms with Crippen molar-refractivity contribution in [1.29, 1.82) is 0 Å². The smallest absolute Gasteiger partial charge is 0.269 e. The van der Waals surface area contributed by atoms with Gasteiger partial charge in [-0.2, -0.15) is 0 Å². The Bertz CT molecular complexity index is 846. The van der Waals surface area contributed by atoms with Gasteiger partial charge in [-0.05, 0) is 44.2 Å². The molecule has 1 amide bonds. The number of thiazole rings is 1. The Morgan fingerprint density at radius 2 is 1.96 bits per heavy atom. The van der Waals surface area contributed by atoms with Crippen LogP contribution in [-0.4, -0.2) is 16.5 Å². The van der Waals surface area contributed by atoms with Gasteiger partial charge in [0.15, 0.2) is 10.7 Å². The first-order valence-electron chi connectivity index (χ1n) is 7.06. The Hall–Kier alpha value is -2.47. The van der Waals surface area contributed by atoms with E-state index < -0.39 is 5.60 Å². The van der Waals surface area contributed by atoms with Crippen LogP contribution in [0.15, 0.2) is 48.5 Å². The summed E-state index contributed by atoms with van der Waals surface area (Å²) in [5.74, 6) is -0.0355. The minimum atomic E-state index is -1.07. The van der Waals surface area contributed by atoms with E-state index in [1.165, 1.54) is 23.5 Å². The van der Waals surface area contributed by atoms with E-state index in [0.29, 0.717) is 21.1 Å². The number of aromatic nitrogens is 1. The number of rotatable bonds is 4. The number of carbonyl (C=O) groups excluding carboxylic acids is 1. The fourth-order valence-electron chi connectivity index (χ4n) is 2.03. The first kappa shape index (κ1) is 15.4. The number of anilines is 1. The molecule has 0 radical (unpaired) electrons. The lowest BCUT2D eigenvalue weighted by molar-refractivity contribution is -0.128. The van der Waals surface area contributed by atoms with Crippen molar-refractivity contribution in [3.05, 3.63) is 54.3 Å². The zero-order valence-electron chi connectivity index (χ0n) is 12.7. The number of benzene rings is 2. The minimum absolute atomic E-state index is 0.319. The second kappa shape index (κ2) is 5.96. The predicted molar refractivity (Wildman–Crippen MR) is 89.4 cm³/mol. The zero-order chi connectivity index (χ0) is 16.4. The van der Waals surface area contributed by atoms with Crippen molar-refractivity contribution >= 4 is 32.6 Å². The summed E-state index contributed by atoms with van der Waals surface area (Å²) in [7, 11) is 0. The van der Waals surface area contributed by atoms with Gasteiger partial charge in [0, 0.05) is 0 Å². The molecule has 6 heteroatoms. The van der Waals surface area contributed by atoms with Crippen LogP contribution >= 0.6 is 11.3 Å². The molecule has 3 rings (SSSR count). The van der Waals surface area contributed by atoms with E-state index in [2.05, 4.69) is 10.3 Å². The third-order valence-corrected chi connectivity index (χ3v) is 4.17. The Morgan fingerprint density at radius 3 is 2.70 bits per heavy atom. The average molecular weight is 330 g/mol. The largest absolute Gasteiger partial charge is 0.478 e. The lowest BCUT2D eigenvalue weighted by atomic mass is 10.1. The van der Waals surface area contributed by atoms with Crippen LogP contribution < -0.4 is 10.1 Å². The second-order valence-corrected chi connectivity index (χ2v) is 6.54. The van der Waals surface area contributed by atoms with Crippen molar-refractivity contribution in [1.82, 2.24) is 4.98 Å². The third kappa shape index (κ3) is 3.48. The molecule has 0 atom stereocenters. The van der Waals surface area contributed by atoms with Crippen molar-refractivity contribution in [3.8, 4) is 5.75 Å². The Balaban J connectivity index is 1.76. The van der Waals surface area contributed by atoms with Gasteiger partial charge in [-0.15, -0.1) is 0 Å². The van der Waals surface area contributed by atoms with E-state index in [0.717, 1.165) is 0 Å². The predicted octanol–water partition coefficient (Wildman–Crippen LogP) is 4.23. The first-order chi connectivity index (χ1) is 10.9. The lowest BCUT2D eigenvalue weighted by Crippen LogP contribution is -2.42. The highest BCUT2D eigenvalue weighted by atomic mass is 32.1. The number of hydrogen-bond donors (Lipinski definition) is 1. The van der Waals surface area contributed by atoms with Crippen molar-refractivity contribution in [3.63, 3.8) is 0 Å². The molecule has 2 aromatic carbocycles. The molecule has 3 aromatic rings. The molecular formula is C17H15FN2O2S. The molecule has 0 unspecified atom stereocenters. The summed E-state index contributed by atoms with van der Waals surface area (Å²) >= 11 is 1.22. The molecule has 4 nitrogen and oxygen atoms in total. The Kier molecular flexibility index (Phi) is 4.00. The topological polar surface area (TPSA) is 51.2 Å². The van der Waals surface area contributed by atoms with E-state index in [9.17, 15) is 9.18 Å². The molecule has 1 heterocycles. The van der Waals surface area contributed by atoms with Gasteiger partial charge in [0.25, 0.3) is 5.91 Å². The molecule has 0 aliphatic heterocycles. The Labute approximate surface area is 136 Å². The molecule has 0 aliphatic carbocycles. The number of fused-ring (bicyclic) bond motifs is 1. The number of hydrogen-bond acceptors (Lipinski definition) is 4. The van der Waals surface area contributed by atoms with Gasteiger partial charge in [-0.1, -0.05) is 29.5 Å². The van der Waals surface area contributed by atoms with Crippen LogP contribution in [0.3, 0.4) is 0 Å². The highest BCUT2D eigenvalue weighted by Gasteiger charge is 2.30. The number of ether oxygens (including phenoxy) is 1. The molecule has 0 fully saturated rings. The maximum absolute atomic E-state index is 13.2. The molecule has 118 valence electrons. The molecule has 1 N–H and O–H groups in total. The van der Waals surface area contributed by atoms with Crippen LogP contribution in [0.1, 0.15) is 13.8 Å². The quantitative estimate of drug-likeness (QED) is 0.779. The van der Waals surface area contributed by atoms with Gasteiger partial charge < -0.3 is 4.74 Å². The summed E-state index contributed by atoms with van der Waals surface area (Å²) in [6, 6.07) is 13.5. The highest BCUT2D eigenvalue weighted by Crippen LogP contribution is 2.27. The number of nitrogens with zero attached hydrogens (tertiary/aromatic N) is 1. The number of nitrogens with one attached hydrogen (secondary N) is 1. The van der Waals surface area contributed by atoms with Crippen LogP contribution in [0.5, 0.6) is 5.75 Å². The van der Waals surface area contributed by atoms with Gasteiger partial charge in [0.1, 0.15) is 11.6 Å². The summed E-state index contributed by atoms with van der Waals surface area (Å²) in [4.78, 5) is 16.7. The lowest BCUT2D eigenvalue weighted by Gasteiger charge is -2.24. The van der Waals surface area contributed by atoms with E-state index in [-0.39, 0.29) is 11.7 Å². The molecule has 0 bridgehead atoms.